The van der Waals surface area contributed by atoms with Crippen LogP contribution in [0.15, 0.2) is 54.6 Å². The summed E-state index contributed by atoms with van der Waals surface area (Å²) >= 11 is 0. The molecule has 120 valence electrons. The highest BCUT2D eigenvalue weighted by atomic mass is 32.2. The molecule has 1 N–H and O–H groups in total. The van der Waals surface area contributed by atoms with E-state index >= 15 is 0 Å². The third-order valence-electron chi connectivity index (χ3n) is 3.10. The summed E-state index contributed by atoms with van der Waals surface area (Å²) in [6, 6.07) is 16.7. The Morgan fingerprint density at radius 3 is 2.43 bits per heavy atom. The molecule has 0 radical (unpaired) electrons. The minimum absolute atomic E-state index is 0.0464. The molecule has 0 atom stereocenters. The average Bonchev–Trinajstić information content (AvgIpc) is 2.53. The molecule has 0 aliphatic carbocycles. The van der Waals surface area contributed by atoms with E-state index in [2.05, 4.69) is 16.6 Å². The van der Waals surface area contributed by atoms with Crippen molar-refractivity contribution in [2.45, 2.75) is 12.7 Å². The lowest BCUT2D eigenvalue weighted by Gasteiger charge is -2.05. The van der Waals surface area contributed by atoms with Gasteiger partial charge in [-0.2, -0.15) is 0 Å². The Morgan fingerprint density at radius 2 is 1.70 bits per heavy atom. The maximum atomic E-state index is 11.9. The van der Waals surface area contributed by atoms with E-state index in [-0.39, 0.29) is 18.9 Å². The van der Waals surface area contributed by atoms with Crippen LogP contribution >= 0.6 is 0 Å². The van der Waals surface area contributed by atoms with E-state index in [1.54, 1.807) is 12.1 Å². The quantitative estimate of drug-likeness (QED) is 0.829. The fourth-order valence-electron chi connectivity index (χ4n) is 1.94. The first-order valence-electron chi connectivity index (χ1n) is 7.22. The average molecular weight is 329 g/mol. The number of para-hydroxylation sites is 1. The van der Waals surface area contributed by atoms with Crippen LogP contribution in [-0.2, 0) is 15.8 Å². The highest BCUT2D eigenvalue weighted by molar-refractivity contribution is 7.88. The molecular formula is C18H19NO3S. The van der Waals surface area contributed by atoms with Gasteiger partial charge >= 0.3 is 0 Å². The first kappa shape index (κ1) is 17.1. The van der Waals surface area contributed by atoms with Crippen LogP contribution in [0.1, 0.15) is 11.1 Å². The molecule has 0 saturated heterocycles. The second-order valence-electron chi connectivity index (χ2n) is 4.97. The SMILES string of the molecule is Cc1ccccc1OCC#CCNS(=O)(=O)Cc1ccccc1. The normalized spacial score (nSPS) is 10.7. The van der Waals surface area contributed by atoms with Crippen molar-refractivity contribution < 1.29 is 13.2 Å². The standard InChI is InChI=1S/C18H19NO3S/c1-16-9-5-6-12-18(16)22-14-8-7-13-19-23(20,21)15-17-10-3-2-4-11-17/h2-6,9-12,19H,13-15H2,1H3. The Kier molecular flexibility index (Phi) is 6.21. The van der Waals surface area contributed by atoms with Crippen LogP contribution in [0, 0.1) is 18.8 Å². The zero-order chi connectivity index (χ0) is 16.5. The van der Waals surface area contributed by atoms with Gasteiger partial charge in [0.05, 0.1) is 12.3 Å². The van der Waals surface area contributed by atoms with Crippen molar-refractivity contribution in [1.29, 1.82) is 0 Å². The summed E-state index contributed by atoms with van der Waals surface area (Å²) in [4.78, 5) is 0. The third-order valence-corrected chi connectivity index (χ3v) is 4.40. The number of hydrogen-bond donors (Lipinski definition) is 1. The molecule has 4 nitrogen and oxygen atoms in total. The van der Waals surface area contributed by atoms with Gasteiger partial charge in [-0.05, 0) is 24.1 Å². The van der Waals surface area contributed by atoms with Crippen molar-refractivity contribution in [1.82, 2.24) is 4.72 Å². The predicted octanol–water partition coefficient (Wildman–Crippen LogP) is 2.50. The van der Waals surface area contributed by atoms with Crippen LogP contribution in [0.2, 0.25) is 0 Å². The van der Waals surface area contributed by atoms with Crippen LogP contribution in [0.3, 0.4) is 0 Å². The second kappa shape index (κ2) is 8.37. The van der Waals surface area contributed by atoms with E-state index in [0.29, 0.717) is 0 Å². The van der Waals surface area contributed by atoms with Crippen LogP contribution in [-0.4, -0.2) is 21.6 Å². The Morgan fingerprint density at radius 1 is 1.00 bits per heavy atom. The Balaban J connectivity index is 1.76. The molecule has 0 fully saturated rings. The van der Waals surface area contributed by atoms with Crippen LogP contribution in [0.5, 0.6) is 5.75 Å². The number of nitrogens with one attached hydrogen (secondary N) is 1. The monoisotopic (exact) mass is 329 g/mol. The fraction of sp³-hybridized carbons (Fsp3) is 0.222. The number of rotatable bonds is 6. The minimum atomic E-state index is -3.37. The Bertz CT molecular complexity index is 790. The highest BCUT2D eigenvalue weighted by Crippen LogP contribution is 2.15. The maximum Gasteiger partial charge on any atom is 0.216 e. The van der Waals surface area contributed by atoms with Crippen molar-refractivity contribution in [3.8, 4) is 17.6 Å². The van der Waals surface area contributed by atoms with Gasteiger partial charge in [0.15, 0.2) is 0 Å². The molecular weight excluding hydrogens is 310 g/mol. The van der Waals surface area contributed by atoms with Gasteiger partial charge in [0, 0.05) is 0 Å². The van der Waals surface area contributed by atoms with Crippen molar-refractivity contribution in [2.24, 2.45) is 0 Å². The van der Waals surface area contributed by atoms with Gasteiger partial charge in [-0.1, -0.05) is 60.4 Å². The molecule has 0 heterocycles. The van der Waals surface area contributed by atoms with Gasteiger partial charge in [-0.3, -0.25) is 0 Å². The summed E-state index contributed by atoms with van der Waals surface area (Å²) in [5.41, 5.74) is 1.79. The topological polar surface area (TPSA) is 55.4 Å². The van der Waals surface area contributed by atoms with E-state index in [1.165, 1.54) is 0 Å². The number of benzene rings is 2. The summed E-state index contributed by atoms with van der Waals surface area (Å²) in [7, 11) is -3.37. The van der Waals surface area contributed by atoms with E-state index < -0.39 is 10.0 Å². The number of ether oxygens (including phenoxy) is 1. The lowest BCUT2D eigenvalue weighted by atomic mass is 10.2. The van der Waals surface area contributed by atoms with E-state index in [0.717, 1.165) is 16.9 Å². The molecule has 0 aliphatic rings. The lowest BCUT2D eigenvalue weighted by molar-refractivity contribution is 0.367. The van der Waals surface area contributed by atoms with Gasteiger partial charge in [0.25, 0.3) is 0 Å². The van der Waals surface area contributed by atoms with Gasteiger partial charge in [-0.15, -0.1) is 0 Å². The molecule has 2 rings (SSSR count). The van der Waals surface area contributed by atoms with Crippen LogP contribution in [0.4, 0.5) is 0 Å². The molecule has 0 aliphatic heterocycles. The van der Waals surface area contributed by atoms with Crippen molar-refractivity contribution in [3.63, 3.8) is 0 Å². The smallest absolute Gasteiger partial charge is 0.216 e. The summed E-state index contributed by atoms with van der Waals surface area (Å²) in [6.45, 7) is 2.26. The largest absolute Gasteiger partial charge is 0.481 e. The number of sulfonamides is 1. The maximum absolute atomic E-state index is 11.9. The molecule has 0 saturated carbocycles. The molecule has 23 heavy (non-hydrogen) atoms. The molecule has 2 aromatic rings. The molecule has 0 unspecified atom stereocenters. The van der Waals surface area contributed by atoms with Crippen LogP contribution in [0.25, 0.3) is 0 Å². The van der Waals surface area contributed by atoms with Gasteiger partial charge in [-0.25, -0.2) is 13.1 Å². The molecule has 0 spiro atoms. The van der Waals surface area contributed by atoms with Crippen LogP contribution < -0.4 is 9.46 Å². The first-order valence-corrected chi connectivity index (χ1v) is 8.87. The Hall–Kier alpha value is -2.29. The highest BCUT2D eigenvalue weighted by Gasteiger charge is 2.09. The van der Waals surface area contributed by atoms with Gasteiger partial charge in [0.1, 0.15) is 12.4 Å². The zero-order valence-electron chi connectivity index (χ0n) is 13.0. The summed E-state index contributed by atoms with van der Waals surface area (Å²) < 4.78 is 31.8. The third kappa shape index (κ3) is 6.15. The van der Waals surface area contributed by atoms with E-state index in [9.17, 15) is 8.42 Å². The Labute approximate surface area is 137 Å². The van der Waals surface area contributed by atoms with E-state index in [1.807, 2.05) is 49.4 Å². The van der Waals surface area contributed by atoms with E-state index in [4.69, 9.17) is 4.74 Å². The molecule has 0 bridgehead atoms. The first-order chi connectivity index (χ1) is 11.1. The minimum Gasteiger partial charge on any atom is -0.481 e. The summed E-state index contributed by atoms with van der Waals surface area (Å²) in [5, 5.41) is 0. The predicted molar refractivity (Wildman–Crippen MR) is 91.5 cm³/mol. The number of aryl methyl sites for hydroxylation is 1. The van der Waals surface area contributed by atoms with Crippen molar-refractivity contribution in [2.75, 3.05) is 13.2 Å². The van der Waals surface area contributed by atoms with Gasteiger partial charge in [0.2, 0.25) is 10.0 Å². The second-order valence-corrected chi connectivity index (χ2v) is 6.78. The molecule has 0 aromatic heterocycles. The van der Waals surface area contributed by atoms with Crippen molar-refractivity contribution >= 4 is 10.0 Å². The molecule has 5 heteroatoms. The van der Waals surface area contributed by atoms with Gasteiger partial charge < -0.3 is 4.74 Å². The van der Waals surface area contributed by atoms with Crippen molar-refractivity contribution in [3.05, 3.63) is 65.7 Å². The molecule has 0 amide bonds. The lowest BCUT2D eigenvalue weighted by Crippen LogP contribution is -2.25. The summed E-state index contributed by atoms with van der Waals surface area (Å²) in [5.74, 6) is 6.29. The molecule has 2 aromatic carbocycles. The fourth-order valence-corrected chi connectivity index (χ4v) is 2.96. The zero-order valence-corrected chi connectivity index (χ0v) is 13.8. The number of hydrogen-bond acceptors (Lipinski definition) is 3. The summed E-state index contributed by atoms with van der Waals surface area (Å²) in [6.07, 6.45) is 0.